The molecule has 0 amide bonds. The van der Waals surface area contributed by atoms with Gasteiger partial charge in [-0.3, -0.25) is 9.59 Å². The van der Waals surface area contributed by atoms with Crippen LogP contribution in [0.25, 0.3) is 0 Å². The number of rotatable bonds is 5. The number of aliphatic hydroxyl groups excluding tert-OH is 1. The Morgan fingerprint density at radius 1 is 1.00 bits per heavy atom. The van der Waals surface area contributed by atoms with Crippen molar-refractivity contribution in [3.8, 4) is 11.5 Å². The maximum atomic E-state index is 11.7. The number of carbonyl (C=O) groups is 2. The fourth-order valence-electron chi connectivity index (χ4n) is 6.57. The number of aliphatic hydroxyl groups is 1. The summed E-state index contributed by atoms with van der Waals surface area (Å²) in [5, 5.41) is 22.6. The standard InChI is InChI=1S/C29H40O8/c1-13(2)10-19-11-15(4)20-9-8-14(3)22-24(20)23(19)16(5)27(25(22)32)37-29-26(33)28(36-18(7)31)21(12-34-29)35-17(6)30/h10,14-15,19-21,26,28-29,32-33H,8-9,11-12H2,1-7H3/t14-,15-,19-,20?,21-,26-,28+,29+/m0/s1. The lowest BCUT2D eigenvalue weighted by Crippen LogP contribution is -2.57. The summed E-state index contributed by atoms with van der Waals surface area (Å²) < 4.78 is 22.5. The van der Waals surface area contributed by atoms with Gasteiger partial charge in [-0.15, -0.1) is 0 Å². The lowest BCUT2D eigenvalue weighted by molar-refractivity contribution is -0.254. The molecule has 1 aliphatic heterocycles. The molecule has 4 rings (SSSR count). The quantitative estimate of drug-likeness (QED) is 0.427. The normalized spacial score (nSPS) is 32.6. The van der Waals surface area contributed by atoms with Crippen LogP contribution in [-0.4, -0.2) is 53.4 Å². The van der Waals surface area contributed by atoms with Gasteiger partial charge in [-0.2, -0.15) is 0 Å². The van der Waals surface area contributed by atoms with Gasteiger partial charge in [0.25, 0.3) is 0 Å². The Balaban J connectivity index is 1.77. The summed E-state index contributed by atoms with van der Waals surface area (Å²) in [5.41, 5.74) is 5.42. The number of hydrogen-bond acceptors (Lipinski definition) is 8. The van der Waals surface area contributed by atoms with Gasteiger partial charge in [0.15, 0.2) is 29.8 Å². The van der Waals surface area contributed by atoms with E-state index in [-0.39, 0.29) is 29.9 Å². The number of allylic oxidation sites excluding steroid dienone is 2. The highest BCUT2D eigenvalue weighted by atomic mass is 16.7. The van der Waals surface area contributed by atoms with Gasteiger partial charge >= 0.3 is 11.9 Å². The Hall–Kier alpha value is -2.58. The number of ether oxygens (including phenoxy) is 4. The number of phenolic OH excluding ortho intramolecular Hbond substituents is 1. The molecule has 2 aliphatic carbocycles. The fourth-order valence-corrected chi connectivity index (χ4v) is 6.57. The Bertz CT molecular complexity index is 1090. The summed E-state index contributed by atoms with van der Waals surface area (Å²) in [7, 11) is 0. The van der Waals surface area contributed by atoms with Crippen LogP contribution < -0.4 is 4.74 Å². The van der Waals surface area contributed by atoms with Crippen LogP contribution in [0.15, 0.2) is 11.6 Å². The summed E-state index contributed by atoms with van der Waals surface area (Å²) in [4.78, 5) is 23.3. The molecule has 8 nitrogen and oxygen atoms in total. The molecule has 1 saturated heterocycles. The van der Waals surface area contributed by atoms with E-state index in [2.05, 4.69) is 33.8 Å². The van der Waals surface area contributed by atoms with E-state index in [0.29, 0.717) is 11.8 Å². The topological polar surface area (TPSA) is 112 Å². The Morgan fingerprint density at radius 2 is 1.68 bits per heavy atom. The van der Waals surface area contributed by atoms with Crippen LogP contribution in [0.1, 0.15) is 101 Å². The number of carbonyl (C=O) groups excluding carboxylic acids is 2. The van der Waals surface area contributed by atoms with Crippen LogP contribution in [-0.2, 0) is 23.8 Å². The van der Waals surface area contributed by atoms with Gasteiger partial charge in [-0.1, -0.05) is 25.5 Å². The third-order valence-electron chi connectivity index (χ3n) is 8.05. The second kappa shape index (κ2) is 10.7. The van der Waals surface area contributed by atoms with Crippen molar-refractivity contribution in [2.75, 3.05) is 6.61 Å². The number of aromatic hydroxyl groups is 1. The summed E-state index contributed by atoms with van der Waals surface area (Å²) >= 11 is 0. The third-order valence-corrected chi connectivity index (χ3v) is 8.05. The first-order chi connectivity index (χ1) is 17.4. The summed E-state index contributed by atoms with van der Waals surface area (Å²) in [5.74, 6) is 0.384. The minimum atomic E-state index is -1.44. The molecule has 1 aromatic rings. The van der Waals surface area contributed by atoms with Crippen molar-refractivity contribution in [1.29, 1.82) is 0 Å². The number of hydrogen-bond donors (Lipinski definition) is 2. The SMILES string of the molecule is CC(=O)O[C@H]1[C@H](O)[C@@H](Oc2c(C)c3c4c(c2O)[C@@H](C)CCC4[C@@H](C)C[C@@H]3C=C(C)C)OC[C@@H]1OC(C)=O. The molecule has 0 spiro atoms. The van der Waals surface area contributed by atoms with Crippen LogP contribution >= 0.6 is 0 Å². The molecule has 0 saturated carbocycles. The van der Waals surface area contributed by atoms with E-state index in [0.717, 1.165) is 30.4 Å². The zero-order chi connectivity index (χ0) is 27.2. The van der Waals surface area contributed by atoms with Crippen LogP contribution in [0.2, 0.25) is 0 Å². The summed E-state index contributed by atoms with van der Waals surface area (Å²) in [6, 6.07) is 0. The predicted octanol–water partition coefficient (Wildman–Crippen LogP) is 4.73. The van der Waals surface area contributed by atoms with Gasteiger partial charge in [0.2, 0.25) is 6.29 Å². The molecule has 1 aromatic carbocycles. The lowest BCUT2D eigenvalue weighted by Gasteiger charge is -2.44. The van der Waals surface area contributed by atoms with Gasteiger partial charge in [-0.25, -0.2) is 0 Å². The van der Waals surface area contributed by atoms with Crippen molar-refractivity contribution in [1.82, 2.24) is 0 Å². The highest BCUT2D eigenvalue weighted by Gasteiger charge is 2.47. The maximum absolute atomic E-state index is 11.7. The second-order valence-corrected chi connectivity index (χ2v) is 11.2. The molecule has 8 heteroatoms. The molecule has 0 bridgehead atoms. The largest absolute Gasteiger partial charge is 0.504 e. The zero-order valence-corrected chi connectivity index (χ0v) is 22.9. The lowest BCUT2D eigenvalue weighted by atomic mass is 9.62. The highest BCUT2D eigenvalue weighted by molar-refractivity contribution is 5.67. The molecule has 1 heterocycles. The van der Waals surface area contributed by atoms with Crippen LogP contribution in [0.4, 0.5) is 0 Å². The van der Waals surface area contributed by atoms with E-state index in [4.69, 9.17) is 18.9 Å². The van der Waals surface area contributed by atoms with Crippen molar-refractivity contribution in [3.63, 3.8) is 0 Å². The first kappa shape index (κ1) is 27.5. The van der Waals surface area contributed by atoms with Gasteiger partial charge in [0, 0.05) is 25.3 Å². The monoisotopic (exact) mass is 516 g/mol. The minimum Gasteiger partial charge on any atom is -0.504 e. The Labute approximate surface area is 218 Å². The molecular weight excluding hydrogens is 476 g/mol. The molecule has 1 fully saturated rings. The Kier molecular flexibility index (Phi) is 7.91. The third kappa shape index (κ3) is 5.23. The average Bonchev–Trinajstić information content (AvgIpc) is 2.78. The molecular formula is C29H40O8. The molecule has 0 aromatic heterocycles. The fraction of sp³-hybridized carbons (Fsp3) is 0.655. The van der Waals surface area contributed by atoms with Crippen LogP contribution in [0.5, 0.6) is 11.5 Å². The molecule has 37 heavy (non-hydrogen) atoms. The van der Waals surface area contributed by atoms with Crippen molar-refractivity contribution in [2.24, 2.45) is 5.92 Å². The first-order valence-electron chi connectivity index (χ1n) is 13.3. The van der Waals surface area contributed by atoms with Crippen molar-refractivity contribution >= 4 is 11.9 Å². The van der Waals surface area contributed by atoms with Gasteiger partial charge < -0.3 is 29.2 Å². The predicted molar refractivity (Wildman–Crippen MR) is 137 cm³/mol. The van der Waals surface area contributed by atoms with Crippen molar-refractivity contribution in [2.45, 2.75) is 110 Å². The van der Waals surface area contributed by atoms with Gasteiger partial charge in [0.1, 0.15) is 0 Å². The molecule has 3 aliphatic rings. The average molecular weight is 517 g/mol. The molecule has 0 radical (unpaired) electrons. The van der Waals surface area contributed by atoms with E-state index in [9.17, 15) is 19.8 Å². The Morgan fingerprint density at radius 3 is 2.30 bits per heavy atom. The molecule has 8 atom stereocenters. The minimum absolute atomic E-state index is 0.0837. The van der Waals surface area contributed by atoms with E-state index in [1.807, 2.05) is 6.92 Å². The van der Waals surface area contributed by atoms with Crippen molar-refractivity contribution < 1.29 is 38.7 Å². The zero-order valence-electron chi connectivity index (χ0n) is 22.9. The van der Waals surface area contributed by atoms with Crippen molar-refractivity contribution in [3.05, 3.63) is 33.9 Å². The molecule has 1 unspecified atom stereocenters. The first-order valence-corrected chi connectivity index (χ1v) is 13.3. The maximum Gasteiger partial charge on any atom is 0.303 e. The number of phenols is 1. The van der Waals surface area contributed by atoms with E-state index in [1.165, 1.54) is 30.5 Å². The second-order valence-electron chi connectivity index (χ2n) is 11.2. The van der Waals surface area contributed by atoms with Gasteiger partial charge in [0.05, 0.1) is 6.61 Å². The summed E-state index contributed by atoms with van der Waals surface area (Å²) in [6.45, 7) is 12.9. The van der Waals surface area contributed by atoms with Gasteiger partial charge in [-0.05, 0) is 74.5 Å². The van der Waals surface area contributed by atoms with Crippen LogP contribution in [0, 0.1) is 12.8 Å². The number of benzene rings is 1. The van der Waals surface area contributed by atoms with E-state index < -0.39 is 36.5 Å². The van der Waals surface area contributed by atoms with E-state index in [1.54, 1.807) is 0 Å². The molecule has 204 valence electrons. The number of esters is 2. The van der Waals surface area contributed by atoms with Crippen LogP contribution in [0.3, 0.4) is 0 Å². The smallest absolute Gasteiger partial charge is 0.303 e. The molecule has 2 N–H and O–H groups in total. The highest BCUT2D eigenvalue weighted by Crippen LogP contribution is 2.58. The van der Waals surface area contributed by atoms with E-state index >= 15 is 0 Å². The summed E-state index contributed by atoms with van der Waals surface area (Å²) in [6.07, 6.45) is 0.573.